The van der Waals surface area contributed by atoms with E-state index in [2.05, 4.69) is 58.9 Å². The fourth-order valence-electron chi connectivity index (χ4n) is 1.54. The maximum atomic E-state index is 3.24. The van der Waals surface area contributed by atoms with Crippen molar-refractivity contribution in [3.05, 3.63) is 35.4 Å². The van der Waals surface area contributed by atoms with Gasteiger partial charge in [0.25, 0.3) is 0 Å². The van der Waals surface area contributed by atoms with Gasteiger partial charge in [-0.15, -0.1) is 0 Å². The number of benzene rings is 1. The predicted octanol–water partition coefficient (Wildman–Crippen LogP) is 3.98. The summed E-state index contributed by atoms with van der Waals surface area (Å²) in [5.41, 5.74) is 3.03. The lowest BCUT2D eigenvalue weighted by Crippen LogP contribution is -2.11. The molecule has 0 N–H and O–H groups in total. The first-order chi connectivity index (χ1) is 6.39. The van der Waals surface area contributed by atoms with Crippen LogP contribution in [-0.4, -0.2) is 0 Å². The van der Waals surface area contributed by atoms with E-state index in [0.717, 1.165) is 12.3 Å². The number of hydrogen-bond donors (Lipinski definition) is 0. The Labute approximate surface area is 88.4 Å². The second kappa shape index (κ2) is 4.16. The minimum atomic E-state index is 0.240. The second-order valence-corrected chi connectivity index (χ2v) is 5.48. The Morgan fingerprint density at radius 1 is 1.21 bits per heavy atom. The van der Waals surface area contributed by atoms with Gasteiger partial charge in [0.15, 0.2) is 0 Å². The van der Waals surface area contributed by atoms with Crippen LogP contribution in [0.25, 0.3) is 0 Å². The van der Waals surface area contributed by atoms with Crippen molar-refractivity contribution in [2.75, 3.05) is 0 Å². The molecule has 0 unspecified atom stereocenters. The van der Waals surface area contributed by atoms with E-state index in [1.54, 1.807) is 0 Å². The molecule has 0 saturated carbocycles. The molecule has 0 atom stereocenters. The van der Waals surface area contributed by atoms with Crippen LogP contribution in [0.3, 0.4) is 0 Å². The van der Waals surface area contributed by atoms with Gasteiger partial charge in [-0.2, -0.15) is 0 Å². The lowest BCUT2D eigenvalue weighted by Gasteiger charge is -2.20. The van der Waals surface area contributed by atoms with Crippen LogP contribution in [0.5, 0.6) is 0 Å². The second-order valence-electron chi connectivity index (χ2n) is 5.48. The van der Waals surface area contributed by atoms with Gasteiger partial charge in [-0.05, 0) is 34.9 Å². The van der Waals surface area contributed by atoms with E-state index in [-0.39, 0.29) is 5.41 Å². The maximum Gasteiger partial charge on any atom is -0.0132 e. The van der Waals surface area contributed by atoms with Crippen LogP contribution in [0.1, 0.15) is 45.7 Å². The summed E-state index contributed by atoms with van der Waals surface area (Å²) in [5.74, 6) is 0.721. The van der Waals surface area contributed by atoms with Crippen molar-refractivity contribution in [3.8, 4) is 0 Å². The lowest BCUT2D eigenvalue weighted by atomic mass is 9.85. The molecule has 0 fully saturated rings. The highest BCUT2D eigenvalue weighted by Crippen LogP contribution is 2.23. The molecule has 0 aliphatic carbocycles. The standard InChI is InChI=1S/C14H21/c1-11(2)9-12-7-6-8-13(10-12)14(3,4)5/h7-8,10-11H,9H2,1-5H3. The molecule has 0 bridgehead atoms. The van der Waals surface area contributed by atoms with Crippen molar-refractivity contribution in [1.29, 1.82) is 0 Å². The summed E-state index contributed by atoms with van der Waals surface area (Å²) in [4.78, 5) is 0. The van der Waals surface area contributed by atoms with Crippen LogP contribution >= 0.6 is 0 Å². The molecule has 0 aromatic heterocycles. The third-order valence-electron chi connectivity index (χ3n) is 2.36. The summed E-state index contributed by atoms with van der Waals surface area (Å²) in [6.07, 6.45) is 1.15. The van der Waals surface area contributed by atoms with E-state index in [0.29, 0.717) is 0 Å². The molecule has 77 valence electrons. The Morgan fingerprint density at radius 2 is 1.86 bits per heavy atom. The summed E-state index contributed by atoms with van der Waals surface area (Å²) in [6.45, 7) is 11.2. The van der Waals surface area contributed by atoms with Crippen LogP contribution in [0.4, 0.5) is 0 Å². The predicted molar refractivity (Wildman–Crippen MR) is 62.5 cm³/mol. The van der Waals surface area contributed by atoms with Crippen molar-refractivity contribution < 1.29 is 0 Å². The first-order valence-corrected chi connectivity index (χ1v) is 5.40. The lowest BCUT2D eigenvalue weighted by molar-refractivity contribution is 0.586. The summed E-state index contributed by atoms with van der Waals surface area (Å²) < 4.78 is 0. The van der Waals surface area contributed by atoms with Crippen LogP contribution in [0.15, 0.2) is 18.2 Å². The molecule has 0 heterocycles. The first kappa shape index (κ1) is 11.3. The molecule has 0 nitrogen and oxygen atoms in total. The van der Waals surface area contributed by atoms with E-state index >= 15 is 0 Å². The molecule has 1 aromatic carbocycles. The minimum Gasteiger partial charge on any atom is -0.0625 e. The molecular formula is C14H21. The van der Waals surface area contributed by atoms with E-state index < -0.39 is 0 Å². The topological polar surface area (TPSA) is 0 Å². The highest BCUT2D eigenvalue weighted by Gasteiger charge is 2.13. The Hall–Kier alpha value is -0.780. The van der Waals surface area contributed by atoms with Gasteiger partial charge in [-0.1, -0.05) is 52.8 Å². The Bertz CT molecular complexity index is 289. The summed E-state index contributed by atoms with van der Waals surface area (Å²) in [6, 6.07) is 9.76. The van der Waals surface area contributed by atoms with Gasteiger partial charge < -0.3 is 0 Å². The maximum absolute atomic E-state index is 3.24. The monoisotopic (exact) mass is 189 g/mol. The minimum absolute atomic E-state index is 0.240. The molecule has 14 heavy (non-hydrogen) atoms. The van der Waals surface area contributed by atoms with Gasteiger partial charge in [0.1, 0.15) is 0 Å². The fourth-order valence-corrected chi connectivity index (χ4v) is 1.54. The van der Waals surface area contributed by atoms with Crippen LogP contribution < -0.4 is 0 Å². The molecule has 0 aliphatic rings. The van der Waals surface area contributed by atoms with Gasteiger partial charge in [0.05, 0.1) is 0 Å². The number of hydrogen-bond acceptors (Lipinski definition) is 0. The molecular weight excluding hydrogens is 168 g/mol. The summed E-state index contributed by atoms with van der Waals surface area (Å²) in [7, 11) is 0. The van der Waals surface area contributed by atoms with Gasteiger partial charge in [0.2, 0.25) is 0 Å². The average molecular weight is 189 g/mol. The first-order valence-electron chi connectivity index (χ1n) is 5.40. The number of rotatable bonds is 2. The summed E-state index contributed by atoms with van der Waals surface area (Å²) in [5, 5.41) is 0. The zero-order valence-corrected chi connectivity index (χ0v) is 10.0. The molecule has 1 rings (SSSR count). The largest absolute Gasteiger partial charge is 0.0625 e. The summed E-state index contributed by atoms with van der Waals surface area (Å²) >= 11 is 0. The van der Waals surface area contributed by atoms with Gasteiger partial charge >= 0.3 is 0 Å². The van der Waals surface area contributed by atoms with Crippen molar-refractivity contribution in [2.24, 2.45) is 5.92 Å². The third-order valence-corrected chi connectivity index (χ3v) is 2.36. The molecule has 1 radical (unpaired) electrons. The quantitative estimate of drug-likeness (QED) is 0.660. The molecule has 0 amide bonds. The van der Waals surface area contributed by atoms with Gasteiger partial charge in [0, 0.05) is 0 Å². The Morgan fingerprint density at radius 3 is 2.36 bits per heavy atom. The zero-order chi connectivity index (χ0) is 10.8. The molecule has 1 aromatic rings. The SMILES string of the molecule is CC(C)Cc1c[c]cc(C(C)(C)C)c1. The Balaban J connectivity index is 2.90. The molecule has 0 heteroatoms. The van der Waals surface area contributed by atoms with Crippen LogP contribution in [-0.2, 0) is 11.8 Å². The third kappa shape index (κ3) is 3.17. The van der Waals surface area contributed by atoms with Gasteiger partial charge in [-0.3, -0.25) is 0 Å². The Kier molecular flexibility index (Phi) is 3.36. The van der Waals surface area contributed by atoms with E-state index in [1.165, 1.54) is 11.1 Å². The van der Waals surface area contributed by atoms with E-state index in [4.69, 9.17) is 0 Å². The van der Waals surface area contributed by atoms with Crippen molar-refractivity contribution in [1.82, 2.24) is 0 Å². The van der Waals surface area contributed by atoms with E-state index in [9.17, 15) is 0 Å². The zero-order valence-electron chi connectivity index (χ0n) is 10.0. The highest BCUT2D eigenvalue weighted by molar-refractivity contribution is 5.28. The highest BCUT2D eigenvalue weighted by atomic mass is 14.2. The van der Waals surface area contributed by atoms with Gasteiger partial charge in [-0.25, -0.2) is 0 Å². The van der Waals surface area contributed by atoms with E-state index in [1.807, 2.05) is 0 Å². The molecule has 0 aliphatic heterocycles. The van der Waals surface area contributed by atoms with Crippen molar-refractivity contribution in [3.63, 3.8) is 0 Å². The van der Waals surface area contributed by atoms with Crippen LogP contribution in [0, 0.1) is 12.0 Å². The normalized spacial score (nSPS) is 12.1. The van der Waals surface area contributed by atoms with Crippen molar-refractivity contribution >= 4 is 0 Å². The molecule has 0 spiro atoms. The molecule has 0 saturated heterocycles. The van der Waals surface area contributed by atoms with Crippen molar-refractivity contribution in [2.45, 2.75) is 46.5 Å². The fraction of sp³-hybridized carbons (Fsp3) is 0.571. The van der Waals surface area contributed by atoms with Crippen LogP contribution in [0.2, 0.25) is 0 Å². The smallest absolute Gasteiger partial charge is 0.0132 e. The average Bonchev–Trinajstić information content (AvgIpc) is 2.01.